The van der Waals surface area contributed by atoms with Gasteiger partial charge in [-0.2, -0.15) is 0 Å². The highest BCUT2D eigenvalue weighted by molar-refractivity contribution is 9.10. The number of fused-ring (bicyclic) bond motifs is 1. The van der Waals surface area contributed by atoms with E-state index in [1.54, 1.807) is 6.20 Å². The van der Waals surface area contributed by atoms with Crippen LogP contribution in [0.4, 0.5) is 0 Å². The Bertz CT molecular complexity index is 290. The van der Waals surface area contributed by atoms with E-state index in [2.05, 4.69) is 26.2 Å². The van der Waals surface area contributed by atoms with Crippen molar-refractivity contribution in [1.29, 1.82) is 0 Å². The van der Waals surface area contributed by atoms with Crippen molar-refractivity contribution in [3.05, 3.63) is 22.4 Å². The minimum atomic E-state index is 0.718. The van der Waals surface area contributed by atoms with Crippen molar-refractivity contribution in [2.45, 2.75) is 6.54 Å². The van der Waals surface area contributed by atoms with Crippen LogP contribution in [0.3, 0.4) is 0 Å². The summed E-state index contributed by atoms with van der Waals surface area (Å²) < 4.78 is 6.46. The van der Waals surface area contributed by atoms with Crippen molar-refractivity contribution in [2.24, 2.45) is 0 Å². The van der Waals surface area contributed by atoms with E-state index in [4.69, 9.17) is 4.74 Å². The number of hydrogen-bond acceptors (Lipinski definition) is 3. The third kappa shape index (κ3) is 1.44. The van der Waals surface area contributed by atoms with Gasteiger partial charge in [-0.3, -0.25) is 4.98 Å². The number of aromatic nitrogens is 1. The molecule has 1 aliphatic heterocycles. The molecule has 1 N–H and O–H groups in total. The van der Waals surface area contributed by atoms with Crippen LogP contribution in [0.2, 0.25) is 0 Å². The van der Waals surface area contributed by atoms with Crippen LogP contribution >= 0.6 is 15.9 Å². The number of nitrogens with one attached hydrogen (secondary N) is 1. The predicted molar refractivity (Wildman–Crippen MR) is 49.1 cm³/mol. The molecule has 1 aromatic rings. The van der Waals surface area contributed by atoms with Crippen LogP contribution in [-0.4, -0.2) is 18.1 Å². The number of ether oxygens (including phenoxy) is 1. The van der Waals surface area contributed by atoms with E-state index in [1.165, 1.54) is 0 Å². The highest BCUT2D eigenvalue weighted by Gasteiger charge is 2.11. The number of rotatable bonds is 0. The summed E-state index contributed by atoms with van der Waals surface area (Å²) >= 11 is 3.40. The summed E-state index contributed by atoms with van der Waals surface area (Å²) in [5.74, 6) is 0.926. The maximum atomic E-state index is 5.53. The van der Waals surface area contributed by atoms with E-state index in [0.717, 1.165) is 35.5 Å². The number of halogens is 1. The molecule has 0 saturated heterocycles. The summed E-state index contributed by atoms with van der Waals surface area (Å²) in [7, 11) is 0. The van der Waals surface area contributed by atoms with Crippen LogP contribution in [0.15, 0.2) is 16.9 Å². The molecule has 0 aliphatic carbocycles. The van der Waals surface area contributed by atoms with Gasteiger partial charge in [-0.1, -0.05) is 0 Å². The van der Waals surface area contributed by atoms with Crippen molar-refractivity contribution < 1.29 is 4.74 Å². The molecule has 0 fully saturated rings. The highest BCUT2D eigenvalue weighted by Crippen LogP contribution is 2.28. The lowest BCUT2D eigenvalue weighted by Crippen LogP contribution is -2.16. The molecule has 0 spiro atoms. The number of hydrogen-bond donors (Lipinski definition) is 1. The first kappa shape index (κ1) is 8.01. The monoisotopic (exact) mass is 228 g/mol. The van der Waals surface area contributed by atoms with Gasteiger partial charge in [-0.25, -0.2) is 0 Å². The molecular formula is C8H9BrN2O. The van der Waals surface area contributed by atoms with Gasteiger partial charge < -0.3 is 10.1 Å². The third-order valence-corrected chi connectivity index (χ3v) is 2.33. The Labute approximate surface area is 79.3 Å². The lowest BCUT2D eigenvalue weighted by Gasteiger charge is -2.06. The Morgan fingerprint density at radius 1 is 1.50 bits per heavy atom. The van der Waals surface area contributed by atoms with Gasteiger partial charge in [0.2, 0.25) is 0 Å². The second-order valence-electron chi connectivity index (χ2n) is 2.63. The van der Waals surface area contributed by atoms with Crippen LogP contribution in [-0.2, 0) is 6.54 Å². The normalized spacial score (nSPS) is 16.1. The Kier molecular flexibility index (Phi) is 2.28. The average molecular weight is 229 g/mol. The first-order valence-electron chi connectivity index (χ1n) is 3.84. The standard InChI is InChI=1S/C8H9BrN2O/c9-7-5-11-4-6-3-10-1-2-12-8(6)7/h4-5,10H,1-3H2. The molecule has 1 aliphatic rings. The molecule has 0 atom stereocenters. The predicted octanol–water partition coefficient (Wildman–Crippen LogP) is 1.33. The lowest BCUT2D eigenvalue weighted by molar-refractivity contribution is 0.323. The van der Waals surface area contributed by atoms with Crippen LogP contribution in [0.5, 0.6) is 5.75 Å². The van der Waals surface area contributed by atoms with E-state index in [-0.39, 0.29) is 0 Å². The molecule has 0 bridgehead atoms. The number of nitrogens with zero attached hydrogens (tertiary/aromatic N) is 1. The topological polar surface area (TPSA) is 34.1 Å². The lowest BCUT2D eigenvalue weighted by atomic mass is 10.2. The van der Waals surface area contributed by atoms with Crippen LogP contribution in [0, 0.1) is 0 Å². The zero-order valence-electron chi connectivity index (χ0n) is 6.51. The molecule has 0 saturated carbocycles. The second kappa shape index (κ2) is 3.41. The van der Waals surface area contributed by atoms with Crippen molar-refractivity contribution in [3.8, 4) is 5.75 Å². The fourth-order valence-electron chi connectivity index (χ4n) is 1.20. The first-order valence-corrected chi connectivity index (χ1v) is 4.63. The van der Waals surface area contributed by atoms with E-state index in [0.29, 0.717) is 0 Å². The summed E-state index contributed by atoms with van der Waals surface area (Å²) in [5.41, 5.74) is 1.11. The molecule has 0 unspecified atom stereocenters. The minimum absolute atomic E-state index is 0.718. The van der Waals surface area contributed by atoms with Gasteiger partial charge in [0, 0.05) is 31.0 Å². The molecule has 0 radical (unpaired) electrons. The maximum absolute atomic E-state index is 5.53. The zero-order valence-corrected chi connectivity index (χ0v) is 8.10. The molecule has 64 valence electrons. The molecular weight excluding hydrogens is 220 g/mol. The summed E-state index contributed by atoms with van der Waals surface area (Å²) in [6.07, 6.45) is 3.59. The van der Waals surface area contributed by atoms with Gasteiger partial charge in [0.05, 0.1) is 4.47 Å². The average Bonchev–Trinajstić information content (AvgIpc) is 2.30. The molecule has 2 heterocycles. The van der Waals surface area contributed by atoms with Gasteiger partial charge in [0.25, 0.3) is 0 Å². The van der Waals surface area contributed by atoms with Crippen molar-refractivity contribution in [2.75, 3.05) is 13.2 Å². The van der Waals surface area contributed by atoms with Crippen LogP contribution in [0.25, 0.3) is 0 Å². The van der Waals surface area contributed by atoms with Crippen LogP contribution < -0.4 is 10.1 Å². The fourth-order valence-corrected chi connectivity index (χ4v) is 1.69. The fraction of sp³-hybridized carbons (Fsp3) is 0.375. The van der Waals surface area contributed by atoms with E-state index in [1.807, 2.05) is 6.20 Å². The maximum Gasteiger partial charge on any atom is 0.141 e. The van der Waals surface area contributed by atoms with Gasteiger partial charge in [-0.15, -0.1) is 0 Å². The Morgan fingerprint density at radius 2 is 2.42 bits per heavy atom. The summed E-state index contributed by atoms with van der Waals surface area (Å²) in [5, 5.41) is 3.24. The number of pyridine rings is 1. The van der Waals surface area contributed by atoms with Crippen molar-refractivity contribution >= 4 is 15.9 Å². The molecule has 0 aromatic carbocycles. The largest absolute Gasteiger partial charge is 0.491 e. The van der Waals surface area contributed by atoms with E-state index in [9.17, 15) is 0 Å². The Balaban J connectivity index is 2.42. The van der Waals surface area contributed by atoms with Gasteiger partial charge >= 0.3 is 0 Å². The molecule has 0 amide bonds. The quantitative estimate of drug-likeness (QED) is 0.728. The van der Waals surface area contributed by atoms with Crippen molar-refractivity contribution in [1.82, 2.24) is 10.3 Å². The van der Waals surface area contributed by atoms with Gasteiger partial charge in [-0.05, 0) is 15.9 Å². The molecule has 4 heteroatoms. The smallest absolute Gasteiger partial charge is 0.141 e. The first-order chi connectivity index (χ1) is 5.88. The molecule has 2 rings (SSSR count). The minimum Gasteiger partial charge on any atom is -0.491 e. The van der Waals surface area contributed by atoms with Crippen LogP contribution in [0.1, 0.15) is 5.56 Å². The Hall–Kier alpha value is -0.610. The molecule has 1 aromatic heterocycles. The van der Waals surface area contributed by atoms with Gasteiger partial charge in [0.1, 0.15) is 12.4 Å². The second-order valence-corrected chi connectivity index (χ2v) is 3.49. The zero-order chi connectivity index (χ0) is 8.39. The Morgan fingerprint density at radius 3 is 3.33 bits per heavy atom. The summed E-state index contributed by atoms with van der Waals surface area (Å²) in [6, 6.07) is 0. The molecule has 12 heavy (non-hydrogen) atoms. The van der Waals surface area contributed by atoms with Crippen molar-refractivity contribution in [3.63, 3.8) is 0 Å². The van der Waals surface area contributed by atoms with E-state index < -0.39 is 0 Å². The van der Waals surface area contributed by atoms with E-state index >= 15 is 0 Å². The summed E-state index contributed by atoms with van der Waals surface area (Å²) in [4.78, 5) is 4.07. The SMILES string of the molecule is Brc1cncc2c1OCCNC2. The summed E-state index contributed by atoms with van der Waals surface area (Å²) in [6.45, 7) is 2.44. The highest BCUT2D eigenvalue weighted by atomic mass is 79.9. The van der Waals surface area contributed by atoms with Gasteiger partial charge in [0.15, 0.2) is 0 Å². The third-order valence-electron chi connectivity index (χ3n) is 1.77. The molecule has 3 nitrogen and oxygen atoms in total.